The Morgan fingerprint density at radius 2 is 1.75 bits per heavy atom. The van der Waals surface area contributed by atoms with Crippen LogP contribution in [0.15, 0.2) is 22.8 Å². The van der Waals surface area contributed by atoms with Crippen LogP contribution in [0.25, 0.3) is 6.08 Å². The van der Waals surface area contributed by atoms with Crippen LogP contribution in [0.1, 0.15) is 31.2 Å². The number of hydrogen-bond acceptors (Lipinski definition) is 5. The number of hydrogen-bond donors (Lipinski definition) is 0. The zero-order chi connectivity index (χ0) is 17.1. The fraction of sp³-hybridized carbons (Fsp3) is 0.444. The molecule has 2 aliphatic heterocycles. The van der Waals surface area contributed by atoms with E-state index in [2.05, 4.69) is 4.99 Å². The van der Waals surface area contributed by atoms with E-state index in [9.17, 15) is 4.79 Å². The molecule has 0 bridgehead atoms. The Bertz CT molecular complexity index is 684. The standard InChI is InChI=1S/C18H22N2O4/c1-22-14-10-12(11-15(23-2)17(14)24-3)9-13-18(21)20-8-6-4-5-7-16(20)19-13/h9-11H,4-8H2,1-3H3/b13-9+. The predicted molar refractivity (Wildman–Crippen MR) is 91.7 cm³/mol. The summed E-state index contributed by atoms with van der Waals surface area (Å²) in [6.45, 7) is 0.754. The molecule has 0 aliphatic carbocycles. The Morgan fingerprint density at radius 3 is 2.38 bits per heavy atom. The second-order valence-corrected chi connectivity index (χ2v) is 5.78. The van der Waals surface area contributed by atoms with Gasteiger partial charge in [0, 0.05) is 13.0 Å². The van der Waals surface area contributed by atoms with Gasteiger partial charge in [0.2, 0.25) is 5.75 Å². The summed E-state index contributed by atoms with van der Waals surface area (Å²) in [5.74, 6) is 2.49. The SMILES string of the molecule is COc1cc(/C=C2/N=C3CCCCCN3C2=O)cc(OC)c1OC. The van der Waals surface area contributed by atoms with Crippen LogP contribution >= 0.6 is 0 Å². The van der Waals surface area contributed by atoms with Crippen molar-refractivity contribution < 1.29 is 19.0 Å². The lowest BCUT2D eigenvalue weighted by atomic mass is 10.1. The van der Waals surface area contributed by atoms with Crippen molar-refractivity contribution in [1.82, 2.24) is 4.90 Å². The van der Waals surface area contributed by atoms with Gasteiger partial charge in [-0.2, -0.15) is 0 Å². The van der Waals surface area contributed by atoms with E-state index >= 15 is 0 Å². The van der Waals surface area contributed by atoms with Gasteiger partial charge in [-0.1, -0.05) is 6.42 Å². The molecule has 0 unspecified atom stereocenters. The maximum absolute atomic E-state index is 12.6. The molecule has 24 heavy (non-hydrogen) atoms. The van der Waals surface area contributed by atoms with Gasteiger partial charge in [0.15, 0.2) is 11.5 Å². The third-order valence-corrected chi connectivity index (χ3v) is 4.30. The van der Waals surface area contributed by atoms with Crippen LogP contribution in [0.2, 0.25) is 0 Å². The topological polar surface area (TPSA) is 60.4 Å². The zero-order valence-corrected chi connectivity index (χ0v) is 14.3. The number of fused-ring (bicyclic) bond motifs is 1. The van der Waals surface area contributed by atoms with Crippen molar-refractivity contribution in [3.05, 3.63) is 23.4 Å². The van der Waals surface area contributed by atoms with Gasteiger partial charge in [-0.3, -0.25) is 9.69 Å². The fourth-order valence-corrected chi connectivity index (χ4v) is 3.09. The molecule has 2 heterocycles. The summed E-state index contributed by atoms with van der Waals surface area (Å²) in [7, 11) is 4.70. The molecule has 0 aromatic heterocycles. The summed E-state index contributed by atoms with van der Waals surface area (Å²) in [6, 6.07) is 3.62. The molecule has 2 aliphatic rings. The number of rotatable bonds is 4. The van der Waals surface area contributed by atoms with Gasteiger partial charge in [0.05, 0.1) is 21.3 Å². The number of methoxy groups -OCH3 is 3. The average Bonchev–Trinajstić information content (AvgIpc) is 2.78. The van der Waals surface area contributed by atoms with E-state index in [-0.39, 0.29) is 5.91 Å². The number of benzene rings is 1. The lowest BCUT2D eigenvalue weighted by Crippen LogP contribution is -2.31. The van der Waals surface area contributed by atoms with Crippen molar-refractivity contribution in [3.8, 4) is 17.2 Å². The fourth-order valence-electron chi connectivity index (χ4n) is 3.09. The highest BCUT2D eigenvalue weighted by atomic mass is 16.5. The first-order valence-corrected chi connectivity index (χ1v) is 8.09. The van der Waals surface area contributed by atoms with Crippen LogP contribution in [0.3, 0.4) is 0 Å². The monoisotopic (exact) mass is 330 g/mol. The molecule has 1 amide bonds. The normalized spacial score (nSPS) is 19.0. The Labute approximate surface area is 141 Å². The largest absolute Gasteiger partial charge is 0.493 e. The van der Waals surface area contributed by atoms with Gasteiger partial charge in [-0.25, -0.2) is 4.99 Å². The zero-order valence-electron chi connectivity index (χ0n) is 14.3. The Balaban J connectivity index is 1.98. The minimum absolute atomic E-state index is 0.0272. The smallest absolute Gasteiger partial charge is 0.277 e. The molecule has 1 saturated heterocycles. The average molecular weight is 330 g/mol. The van der Waals surface area contributed by atoms with Crippen molar-refractivity contribution in [3.63, 3.8) is 0 Å². The highest BCUT2D eigenvalue weighted by Crippen LogP contribution is 2.39. The van der Waals surface area contributed by atoms with Crippen molar-refractivity contribution >= 4 is 17.8 Å². The Hall–Kier alpha value is -2.50. The highest BCUT2D eigenvalue weighted by molar-refractivity contribution is 6.14. The maximum Gasteiger partial charge on any atom is 0.277 e. The maximum atomic E-state index is 12.6. The summed E-state index contributed by atoms with van der Waals surface area (Å²) < 4.78 is 16.0. The van der Waals surface area contributed by atoms with Gasteiger partial charge in [0.1, 0.15) is 11.5 Å². The molecule has 1 aromatic carbocycles. The molecule has 0 spiro atoms. The predicted octanol–water partition coefficient (Wildman–Crippen LogP) is 2.87. The lowest BCUT2D eigenvalue weighted by Gasteiger charge is -2.14. The molecule has 0 saturated carbocycles. The van der Waals surface area contributed by atoms with E-state index in [0.29, 0.717) is 22.9 Å². The second-order valence-electron chi connectivity index (χ2n) is 5.78. The highest BCUT2D eigenvalue weighted by Gasteiger charge is 2.30. The summed E-state index contributed by atoms with van der Waals surface area (Å²) >= 11 is 0. The molecular weight excluding hydrogens is 308 g/mol. The van der Waals surface area contributed by atoms with E-state index in [0.717, 1.165) is 43.6 Å². The van der Waals surface area contributed by atoms with E-state index in [4.69, 9.17) is 14.2 Å². The number of amides is 1. The van der Waals surface area contributed by atoms with Crippen molar-refractivity contribution in [2.75, 3.05) is 27.9 Å². The van der Waals surface area contributed by atoms with Crippen LogP contribution in [0, 0.1) is 0 Å². The third-order valence-electron chi connectivity index (χ3n) is 4.30. The van der Waals surface area contributed by atoms with E-state index in [1.54, 1.807) is 32.3 Å². The number of carbonyl (C=O) groups excluding carboxylic acids is 1. The molecular formula is C18H22N2O4. The van der Waals surface area contributed by atoms with E-state index < -0.39 is 0 Å². The third kappa shape index (κ3) is 2.96. The van der Waals surface area contributed by atoms with E-state index in [1.165, 1.54) is 0 Å². The summed E-state index contributed by atoms with van der Waals surface area (Å²) in [5, 5.41) is 0. The van der Waals surface area contributed by atoms with Crippen LogP contribution in [-0.4, -0.2) is 44.5 Å². The molecule has 1 aromatic rings. The molecule has 3 rings (SSSR count). The molecule has 1 fully saturated rings. The molecule has 0 N–H and O–H groups in total. The van der Waals surface area contributed by atoms with Gasteiger partial charge in [-0.15, -0.1) is 0 Å². The number of amidine groups is 1. The molecule has 128 valence electrons. The van der Waals surface area contributed by atoms with Crippen LogP contribution in [0.5, 0.6) is 17.2 Å². The van der Waals surface area contributed by atoms with Crippen LogP contribution in [0.4, 0.5) is 0 Å². The second kappa shape index (κ2) is 6.95. The van der Waals surface area contributed by atoms with Crippen molar-refractivity contribution in [2.45, 2.75) is 25.7 Å². The number of carbonyl (C=O) groups is 1. The molecule has 0 atom stereocenters. The lowest BCUT2D eigenvalue weighted by molar-refractivity contribution is -0.122. The van der Waals surface area contributed by atoms with Gasteiger partial charge in [-0.05, 0) is 36.6 Å². The van der Waals surface area contributed by atoms with Crippen molar-refractivity contribution in [2.24, 2.45) is 4.99 Å². The van der Waals surface area contributed by atoms with Gasteiger partial charge < -0.3 is 14.2 Å². The number of nitrogens with zero attached hydrogens (tertiary/aromatic N) is 2. The first-order chi connectivity index (χ1) is 11.7. The number of aliphatic imine (C=N–C) groups is 1. The molecule has 0 radical (unpaired) electrons. The summed E-state index contributed by atoms with van der Waals surface area (Å²) in [4.78, 5) is 18.9. The first kappa shape index (κ1) is 16.4. The Morgan fingerprint density at radius 1 is 1.04 bits per heavy atom. The molecule has 6 nitrogen and oxygen atoms in total. The van der Waals surface area contributed by atoms with Crippen LogP contribution < -0.4 is 14.2 Å². The first-order valence-electron chi connectivity index (χ1n) is 8.09. The van der Waals surface area contributed by atoms with Gasteiger partial charge in [0.25, 0.3) is 5.91 Å². The summed E-state index contributed by atoms with van der Waals surface area (Å²) in [6.07, 6.45) is 5.89. The molecule has 6 heteroatoms. The minimum atomic E-state index is -0.0272. The summed E-state index contributed by atoms with van der Waals surface area (Å²) in [5.41, 5.74) is 1.25. The van der Waals surface area contributed by atoms with Gasteiger partial charge >= 0.3 is 0 Å². The van der Waals surface area contributed by atoms with Crippen LogP contribution in [-0.2, 0) is 4.79 Å². The van der Waals surface area contributed by atoms with Crippen molar-refractivity contribution in [1.29, 1.82) is 0 Å². The number of ether oxygens (including phenoxy) is 3. The minimum Gasteiger partial charge on any atom is -0.493 e. The Kier molecular flexibility index (Phi) is 4.74. The quantitative estimate of drug-likeness (QED) is 0.797. The van der Waals surface area contributed by atoms with E-state index in [1.807, 2.05) is 12.1 Å².